The average molecular weight is 248 g/mol. The number of methoxy groups -OCH3 is 1. The van der Waals surface area contributed by atoms with E-state index >= 15 is 0 Å². The Morgan fingerprint density at radius 3 is 2.22 bits per heavy atom. The first-order valence-electron chi connectivity index (χ1n) is 6.15. The molecule has 1 saturated carbocycles. The fraction of sp³-hybridized carbons (Fsp3) is 0.462. The van der Waals surface area contributed by atoms with Crippen LogP contribution in [0.2, 0.25) is 0 Å². The Kier molecular flexibility index (Phi) is 3.73. The van der Waals surface area contributed by atoms with Gasteiger partial charge in [-0.3, -0.25) is 4.79 Å². The molecule has 1 fully saturated rings. The minimum absolute atomic E-state index is 0.197. The van der Waals surface area contributed by atoms with Crippen molar-refractivity contribution in [1.82, 2.24) is 0 Å². The fourth-order valence-corrected chi connectivity index (χ4v) is 2.76. The number of benzene rings is 1. The van der Waals surface area contributed by atoms with Crippen molar-refractivity contribution in [2.75, 3.05) is 7.11 Å². The van der Waals surface area contributed by atoms with Crippen molar-refractivity contribution in [2.24, 2.45) is 0 Å². The van der Waals surface area contributed by atoms with Crippen molar-refractivity contribution in [1.29, 1.82) is 0 Å². The molecule has 4 nitrogen and oxygen atoms in total. The van der Waals surface area contributed by atoms with Crippen molar-refractivity contribution in [3.05, 3.63) is 29.8 Å². The van der Waals surface area contributed by atoms with Crippen LogP contribution in [0.4, 0.5) is 0 Å². The van der Waals surface area contributed by atoms with Gasteiger partial charge < -0.3 is 14.8 Å². The summed E-state index contributed by atoms with van der Waals surface area (Å²) in [5, 5.41) is 18.1. The lowest BCUT2D eigenvalue weighted by Gasteiger charge is -2.26. The van der Waals surface area contributed by atoms with Crippen LogP contribution in [0.25, 0.3) is 0 Å². The van der Waals surface area contributed by atoms with Crippen molar-refractivity contribution >= 4 is 18.6 Å². The monoisotopic (exact) mass is 248 g/mol. The summed E-state index contributed by atoms with van der Waals surface area (Å²) in [5.74, 6) is -0.197. The molecule has 0 unspecified atom stereocenters. The second kappa shape index (κ2) is 5.12. The third kappa shape index (κ3) is 2.16. The summed E-state index contributed by atoms with van der Waals surface area (Å²) in [6, 6.07) is 6.86. The van der Waals surface area contributed by atoms with Crippen molar-refractivity contribution in [3.8, 4) is 0 Å². The van der Waals surface area contributed by atoms with Gasteiger partial charge in [-0.25, -0.2) is 0 Å². The third-order valence-corrected chi connectivity index (χ3v) is 3.79. The van der Waals surface area contributed by atoms with Gasteiger partial charge in [0.25, 0.3) is 0 Å². The molecule has 2 N–H and O–H groups in total. The Bertz CT molecular complexity index is 421. The van der Waals surface area contributed by atoms with Gasteiger partial charge in [-0.05, 0) is 23.9 Å². The molecule has 0 bridgehead atoms. The number of esters is 1. The molecule has 0 spiro atoms. The number of carbonyl (C=O) groups is 1. The maximum atomic E-state index is 12.0. The van der Waals surface area contributed by atoms with Crippen molar-refractivity contribution in [2.45, 2.75) is 31.1 Å². The van der Waals surface area contributed by atoms with E-state index in [1.165, 1.54) is 7.11 Å². The van der Waals surface area contributed by atoms with Gasteiger partial charge in [0.2, 0.25) is 0 Å². The molecule has 0 saturated heterocycles. The van der Waals surface area contributed by atoms with E-state index in [0.717, 1.165) is 31.2 Å². The summed E-state index contributed by atoms with van der Waals surface area (Å²) >= 11 is 0. The molecule has 1 aliphatic carbocycles. The third-order valence-electron chi connectivity index (χ3n) is 3.79. The van der Waals surface area contributed by atoms with Crippen LogP contribution in [0.15, 0.2) is 24.3 Å². The van der Waals surface area contributed by atoms with Crippen LogP contribution in [0.1, 0.15) is 31.2 Å². The van der Waals surface area contributed by atoms with E-state index < -0.39 is 12.5 Å². The highest BCUT2D eigenvalue weighted by Crippen LogP contribution is 2.41. The molecule has 0 aromatic heterocycles. The highest BCUT2D eigenvalue weighted by Gasteiger charge is 2.43. The van der Waals surface area contributed by atoms with E-state index in [2.05, 4.69) is 0 Å². The molecule has 1 aliphatic rings. The van der Waals surface area contributed by atoms with Crippen LogP contribution in [0.3, 0.4) is 0 Å². The second-order valence-corrected chi connectivity index (χ2v) is 4.78. The standard InChI is InChI=1S/C13H17BO4/c1-18-12(15)13(8-2-3-9-13)10-4-6-11(7-5-10)14(16)17/h4-7,16-17H,2-3,8-9H2,1H3. The highest BCUT2D eigenvalue weighted by atomic mass is 16.5. The summed E-state index contributed by atoms with van der Waals surface area (Å²) in [7, 11) is -0.0643. The summed E-state index contributed by atoms with van der Waals surface area (Å²) in [6.45, 7) is 0. The van der Waals surface area contributed by atoms with Gasteiger partial charge in [-0.1, -0.05) is 37.1 Å². The smallest absolute Gasteiger partial charge is 0.468 e. The molecule has 1 aromatic carbocycles. The van der Waals surface area contributed by atoms with Crippen LogP contribution in [-0.4, -0.2) is 30.2 Å². The fourth-order valence-electron chi connectivity index (χ4n) is 2.76. The van der Waals surface area contributed by atoms with Crippen molar-refractivity contribution in [3.63, 3.8) is 0 Å². The zero-order chi connectivity index (χ0) is 13.2. The first-order chi connectivity index (χ1) is 8.60. The first kappa shape index (κ1) is 13.1. The molecular weight excluding hydrogens is 231 g/mol. The minimum Gasteiger partial charge on any atom is -0.468 e. The van der Waals surface area contributed by atoms with Crippen LogP contribution in [-0.2, 0) is 14.9 Å². The quantitative estimate of drug-likeness (QED) is 0.598. The lowest BCUT2D eigenvalue weighted by Crippen LogP contribution is -2.35. The molecule has 0 aliphatic heterocycles. The Morgan fingerprint density at radius 2 is 1.78 bits per heavy atom. The maximum Gasteiger partial charge on any atom is 0.488 e. The van der Waals surface area contributed by atoms with E-state index in [1.807, 2.05) is 0 Å². The van der Waals surface area contributed by atoms with Gasteiger partial charge in [0.15, 0.2) is 0 Å². The zero-order valence-electron chi connectivity index (χ0n) is 10.4. The Hall–Kier alpha value is -1.33. The van der Waals surface area contributed by atoms with Gasteiger partial charge in [0.1, 0.15) is 0 Å². The van der Waals surface area contributed by atoms with Crippen LogP contribution < -0.4 is 5.46 Å². The molecule has 1 aromatic rings. The molecule has 96 valence electrons. The largest absolute Gasteiger partial charge is 0.488 e. The Morgan fingerprint density at radius 1 is 1.22 bits per heavy atom. The number of hydrogen-bond donors (Lipinski definition) is 2. The van der Waals surface area contributed by atoms with Gasteiger partial charge in [0, 0.05) is 0 Å². The van der Waals surface area contributed by atoms with Gasteiger partial charge >= 0.3 is 13.1 Å². The van der Waals surface area contributed by atoms with Crippen LogP contribution in [0.5, 0.6) is 0 Å². The zero-order valence-corrected chi connectivity index (χ0v) is 10.4. The summed E-state index contributed by atoms with van der Waals surface area (Å²) in [6.07, 6.45) is 3.61. The van der Waals surface area contributed by atoms with E-state index in [9.17, 15) is 4.79 Å². The Labute approximate surface area is 107 Å². The van der Waals surface area contributed by atoms with E-state index in [-0.39, 0.29) is 5.97 Å². The summed E-state index contributed by atoms with van der Waals surface area (Å²) < 4.78 is 4.93. The number of hydrogen-bond acceptors (Lipinski definition) is 4. The first-order valence-corrected chi connectivity index (χ1v) is 6.15. The molecule has 18 heavy (non-hydrogen) atoms. The van der Waals surface area contributed by atoms with Gasteiger partial charge in [-0.2, -0.15) is 0 Å². The van der Waals surface area contributed by atoms with Gasteiger partial charge in [0.05, 0.1) is 12.5 Å². The van der Waals surface area contributed by atoms with E-state index in [1.54, 1.807) is 24.3 Å². The predicted molar refractivity (Wildman–Crippen MR) is 68.4 cm³/mol. The Balaban J connectivity index is 2.34. The van der Waals surface area contributed by atoms with E-state index in [0.29, 0.717) is 5.46 Å². The molecule has 2 rings (SSSR count). The summed E-state index contributed by atoms with van der Waals surface area (Å²) in [5.41, 5.74) is 0.779. The second-order valence-electron chi connectivity index (χ2n) is 4.78. The molecule has 0 amide bonds. The van der Waals surface area contributed by atoms with Crippen molar-refractivity contribution < 1.29 is 19.6 Å². The molecule has 0 radical (unpaired) electrons. The van der Waals surface area contributed by atoms with Crippen LogP contribution in [0, 0.1) is 0 Å². The normalized spacial score (nSPS) is 17.5. The topological polar surface area (TPSA) is 66.8 Å². The SMILES string of the molecule is COC(=O)C1(c2ccc(B(O)O)cc2)CCCC1. The maximum absolute atomic E-state index is 12.0. The number of ether oxygens (including phenoxy) is 1. The molecule has 5 heteroatoms. The number of carbonyl (C=O) groups excluding carboxylic acids is 1. The summed E-state index contributed by atoms with van der Waals surface area (Å²) in [4.78, 5) is 12.0. The van der Waals surface area contributed by atoms with E-state index in [4.69, 9.17) is 14.8 Å². The average Bonchev–Trinajstić information content (AvgIpc) is 2.88. The molecular formula is C13H17BO4. The molecule has 0 heterocycles. The molecule has 0 atom stereocenters. The predicted octanol–water partition coefficient (Wildman–Crippen LogP) is 0.351. The van der Waals surface area contributed by atoms with Crippen LogP contribution >= 0.6 is 0 Å². The van der Waals surface area contributed by atoms with Gasteiger partial charge in [-0.15, -0.1) is 0 Å². The lowest BCUT2D eigenvalue weighted by atomic mass is 9.75. The lowest BCUT2D eigenvalue weighted by molar-refractivity contribution is -0.147. The number of rotatable bonds is 3. The highest BCUT2D eigenvalue weighted by molar-refractivity contribution is 6.58. The minimum atomic E-state index is -1.48.